The molecule has 1 fully saturated rings. The number of anilines is 1. The van der Waals surface area contributed by atoms with Gasteiger partial charge in [-0.3, -0.25) is 9.59 Å². The number of benzene rings is 1. The first-order valence-electron chi connectivity index (χ1n) is 6.37. The number of hydrogen-bond acceptors (Lipinski definition) is 2. The number of rotatable bonds is 3. The molecule has 0 aromatic heterocycles. The van der Waals surface area contributed by atoms with Crippen LogP contribution in [0.1, 0.15) is 24.8 Å². The molecule has 0 bridgehead atoms. The zero-order chi connectivity index (χ0) is 14.9. The van der Waals surface area contributed by atoms with Gasteiger partial charge in [-0.2, -0.15) is 0 Å². The zero-order valence-electron chi connectivity index (χ0n) is 11.0. The largest absolute Gasteiger partial charge is 0.481 e. The summed E-state index contributed by atoms with van der Waals surface area (Å²) >= 11 is 3.08. The third-order valence-corrected chi connectivity index (χ3v) is 4.29. The molecule has 0 saturated heterocycles. The molecule has 20 heavy (non-hydrogen) atoms. The molecule has 1 aliphatic carbocycles. The van der Waals surface area contributed by atoms with E-state index in [1.807, 2.05) is 0 Å². The summed E-state index contributed by atoms with van der Waals surface area (Å²) in [5.74, 6) is -2.30. The van der Waals surface area contributed by atoms with Crippen molar-refractivity contribution in [2.45, 2.75) is 26.2 Å². The summed E-state index contributed by atoms with van der Waals surface area (Å²) < 4.78 is 13.8. The van der Waals surface area contributed by atoms with Crippen LogP contribution in [-0.4, -0.2) is 17.0 Å². The summed E-state index contributed by atoms with van der Waals surface area (Å²) in [7, 11) is 0. The molecule has 0 unspecified atom stereocenters. The van der Waals surface area contributed by atoms with E-state index in [1.54, 1.807) is 13.0 Å². The Morgan fingerprint density at radius 3 is 2.60 bits per heavy atom. The Kier molecular flexibility index (Phi) is 4.42. The van der Waals surface area contributed by atoms with Crippen molar-refractivity contribution >= 4 is 33.5 Å². The van der Waals surface area contributed by atoms with Crippen LogP contribution >= 0.6 is 15.9 Å². The van der Waals surface area contributed by atoms with Crippen molar-refractivity contribution in [2.24, 2.45) is 11.8 Å². The molecule has 2 rings (SSSR count). The van der Waals surface area contributed by atoms with Gasteiger partial charge in [0.2, 0.25) is 5.91 Å². The quantitative estimate of drug-likeness (QED) is 0.884. The number of halogens is 2. The van der Waals surface area contributed by atoms with Gasteiger partial charge >= 0.3 is 5.97 Å². The zero-order valence-corrected chi connectivity index (χ0v) is 12.5. The van der Waals surface area contributed by atoms with Crippen molar-refractivity contribution in [3.8, 4) is 0 Å². The highest BCUT2D eigenvalue weighted by atomic mass is 79.9. The lowest BCUT2D eigenvalue weighted by molar-refractivity contribution is -0.141. The maximum absolute atomic E-state index is 13.5. The number of carboxylic acids is 1. The molecule has 0 aliphatic heterocycles. The minimum atomic E-state index is -0.855. The number of carbonyl (C=O) groups excluding carboxylic acids is 1. The van der Waals surface area contributed by atoms with Crippen LogP contribution in [0.15, 0.2) is 16.6 Å². The van der Waals surface area contributed by atoms with Crippen molar-refractivity contribution in [3.05, 3.63) is 28.0 Å². The molecular formula is C14H15BrFNO3. The third kappa shape index (κ3) is 3.17. The fraction of sp³-hybridized carbons (Fsp3) is 0.429. The summed E-state index contributed by atoms with van der Waals surface area (Å²) in [6, 6.07) is 2.86. The van der Waals surface area contributed by atoms with Gasteiger partial charge in [0.15, 0.2) is 0 Å². The minimum Gasteiger partial charge on any atom is -0.481 e. The van der Waals surface area contributed by atoms with E-state index in [9.17, 15) is 14.0 Å². The molecule has 1 amide bonds. The first-order valence-corrected chi connectivity index (χ1v) is 7.17. The third-order valence-electron chi connectivity index (χ3n) is 3.68. The Balaban J connectivity index is 2.06. The van der Waals surface area contributed by atoms with Crippen molar-refractivity contribution < 1.29 is 19.1 Å². The van der Waals surface area contributed by atoms with Gasteiger partial charge in [0, 0.05) is 11.6 Å². The summed E-state index contributed by atoms with van der Waals surface area (Å²) in [5, 5.41) is 11.6. The second-order valence-electron chi connectivity index (χ2n) is 5.12. The number of carboxylic acid groups (broad SMARTS) is 1. The highest BCUT2D eigenvalue weighted by Gasteiger charge is 2.33. The molecule has 108 valence electrons. The molecule has 1 saturated carbocycles. The number of hydrogen-bond donors (Lipinski definition) is 2. The van der Waals surface area contributed by atoms with E-state index in [0.717, 1.165) is 5.56 Å². The number of amides is 1. The molecular weight excluding hydrogens is 329 g/mol. The van der Waals surface area contributed by atoms with E-state index < -0.39 is 17.7 Å². The second kappa shape index (κ2) is 5.91. The Morgan fingerprint density at radius 2 is 2.00 bits per heavy atom. The van der Waals surface area contributed by atoms with Gasteiger partial charge in [-0.15, -0.1) is 0 Å². The van der Waals surface area contributed by atoms with Gasteiger partial charge in [-0.25, -0.2) is 4.39 Å². The van der Waals surface area contributed by atoms with Crippen LogP contribution in [0.3, 0.4) is 0 Å². The molecule has 6 heteroatoms. The van der Waals surface area contributed by atoms with Gasteiger partial charge in [-0.1, -0.05) is 0 Å². The predicted octanol–water partition coefficient (Wildman–Crippen LogP) is 3.34. The average molecular weight is 344 g/mol. The topological polar surface area (TPSA) is 66.4 Å². The smallest absolute Gasteiger partial charge is 0.306 e. The first kappa shape index (κ1) is 15.0. The molecule has 2 atom stereocenters. The van der Waals surface area contributed by atoms with Crippen molar-refractivity contribution in [2.75, 3.05) is 5.32 Å². The summed E-state index contributed by atoms with van der Waals surface area (Å²) in [6.45, 7) is 1.77. The predicted molar refractivity (Wildman–Crippen MR) is 75.9 cm³/mol. The SMILES string of the molecule is Cc1cc(Br)c(F)cc1NC(=O)[C@@H]1CC[C@H](C(=O)O)C1. The van der Waals surface area contributed by atoms with Crippen LogP contribution in [0, 0.1) is 24.6 Å². The van der Waals surface area contributed by atoms with E-state index in [2.05, 4.69) is 21.2 Å². The molecule has 1 aromatic carbocycles. The Hall–Kier alpha value is -1.43. The van der Waals surface area contributed by atoms with Crippen LogP contribution in [0.4, 0.5) is 10.1 Å². The lowest BCUT2D eigenvalue weighted by Gasteiger charge is -2.13. The van der Waals surface area contributed by atoms with Crippen LogP contribution < -0.4 is 5.32 Å². The van der Waals surface area contributed by atoms with E-state index in [4.69, 9.17) is 5.11 Å². The minimum absolute atomic E-state index is 0.237. The van der Waals surface area contributed by atoms with E-state index in [0.29, 0.717) is 29.4 Å². The molecule has 0 spiro atoms. The van der Waals surface area contributed by atoms with Crippen molar-refractivity contribution in [3.63, 3.8) is 0 Å². The van der Waals surface area contributed by atoms with Gasteiger partial charge in [0.05, 0.1) is 10.4 Å². The molecule has 4 nitrogen and oxygen atoms in total. The maximum Gasteiger partial charge on any atom is 0.306 e. The summed E-state index contributed by atoms with van der Waals surface area (Å²) in [4.78, 5) is 23.0. The van der Waals surface area contributed by atoms with Crippen molar-refractivity contribution in [1.29, 1.82) is 0 Å². The van der Waals surface area contributed by atoms with Crippen LogP contribution in [-0.2, 0) is 9.59 Å². The van der Waals surface area contributed by atoms with Crippen LogP contribution in [0.5, 0.6) is 0 Å². The standard InChI is InChI=1S/C14H15BrFNO3/c1-7-4-10(15)11(16)6-12(7)17-13(18)8-2-3-9(5-8)14(19)20/h4,6,8-9H,2-3,5H2,1H3,(H,17,18)(H,19,20)/t8-,9+/m1/s1. The summed E-state index contributed by atoms with van der Waals surface area (Å²) in [6.07, 6.45) is 1.42. The number of aryl methyl sites for hydroxylation is 1. The molecule has 1 aromatic rings. The monoisotopic (exact) mass is 343 g/mol. The lowest BCUT2D eigenvalue weighted by atomic mass is 10.0. The highest BCUT2D eigenvalue weighted by molar-refractivity contribution is 9.10. The van der Waals surface area contributed by atoms with Gasteiger partial charge in [-0.05, 0) is 59.8 Å². The molecule has 0 heterocycles. The van der Waals surface area contributed by atoms with E-state index in [-0.39, 0.29) is 11.8 Å². The molecule has 0 radical (unpaired) electrons. The number of aliphatic carboxylic acids is 1. The average Bonchev–Trinajstić information content (AvgIpc) is 2.85. The highest BCUT2D eigenvalue weighted by Crippen LogP contribution is 2.32. The normalized spacial score (nSPS) is 21.8. The van der Waals surface area contributed by atoms with Crippen LogP contribution in [0.25, 0.3) is 0 Å². The van der Waals surface area contributed by atoms with Crippen molar-refractivity contribution in [1.82, 2.24) is 0 Å². The molecule has 1 aliphatic rings. The van der Waals surface area contributed by atoms with Gasteiger partial charge in [0.1, 0.15) is 5.82 Å². The van der Waals surface area contributed by atoms with E-state index >= 15 is 0 Å². The maximum atomic E-state index is 13.5. The fourth-order valence-corrected chi connectivity index (χ4v) is 2.92. The Labute approximate surface area is 124 Å². The number of carbonyl (C=O) groups is 2. The van der Waals surface area contributed by atoms with Crippen LogP contribution in [0.2, 0.25) is 0 Å². The lowest BCUT2D eigenvalue weighted by Crippen LogP contribution is -2.22. The van der Waals surface area contributed by atoms with Gasteiger partial charge in [0.25, 0.3) is 0 Å². The Bertz CT molecular complexity index is 562. The molecule has 2 N–H and O–H groups in total. The second-order valence-corrected chi connectivity index (χ2v) is 5.97. The van der Waals surface area contributed by atoms with E-state index in [1.165, 1.54) is 6.07 Å². The number of nitrogens with one attached hydrogen (secondary N) is 1. The Morgan fingerprint density at radius 1 is 1.35 bits per heavy atom. The first-order chi connectivity index (χ1) is 9.38. The summed E-state index contributed by atoms with van der Waals surface area (Å²) in [5.41, 5.74) is 1.17. The van der Waals surface area contributed by atoms with Gasteiger partial charge < -0.3 is 10.4 Å². The fourth-order valence-electron chi connectivity index (χ4n) is 2.46.